The van der Waals surface area contributed by atoms with E-state index in [2.05, 4.69) is 31.2 Å². The van der Waals surface area contributed by atoms with Gasteiger partial charge in [0.15, 0.2) is 0 Å². The Labute approximate surface area is 110 Å². The van der Waals surface area contributed by atoms with E-state index in [1.54, 1.807) is 0 Å². The van der Waals surface area contributed by atoms with Crippen molar-refractivity contribution in [1.82, 2.24) is 0 Å². The first-order chi connectivity index (χ1) is 8.76. The van der Waals surface area contributed by atoms with Gasteiger partial charge in [-0.3, -0.25) is 4.79 Å². The molecule has 0 saturated carbocycles. The second kappa shape index (κ2) is 8.73. The van der Waals surface area contributed by atoms with Crippen LogP contribution >= 0.6 is 0 Å². The fourth-order valence-electron chi connectivity index (χ4n) is 2.23. The van der Waals surface area contributed by atoms with Crippen LogP contribution < -0.4 is 0 Å². The molecule has 0 radical (unpaired) electrons. The zero-order valence-corrected chi connectivity index (χ0v) is 11.5. The van der Waals surface area contributed by atoms with Crippen molar-refractivity contribution in [3.63, 3.8) is 0 Å². The summed E-state index contributed by atoms with van der Waals surface area (Å²) < 4.78 is 5.03. The van der Waals surface area contributed by atoms with Crippen molar-refractivity contribution in [2.75, 3.05) is 6.61 Å². The van der Waals surface area contributed by atoms with Crippen LogP contribution in [0, 0.1) is 5.92 Å². The second-order valence-corrected chi connectivity index (χ2v) is 4.69. The van der Waals surface area contributed by atoms with Gasteiger partial charge in [0, 0.05) is 6.42 Å². The minimum atomic E-state index is -0.0518. The predicted octanol–water partition coefficient (Wildman–Crippen LogP) is 3.99. The van der Waals surface area contributed by atoms with Gasteiger partial charge in [-0.1, -0.05) is 50.1 Å². The molecule has 18 heavy (non-hydrogen) atoms. The third-order valence-electron chi connectivity index (χ3n) is 3.14. The minimum Gasteiger partial charge on any atom is -0.466 e. The zero-order valence-electron chi connectivity index (χ0n) is 11.5. The van der Waals surface area contributed by atoms with E-state index in [1.807, 2.05) is 13.0 Å². The summed E-state index contributed by atoms with van der Waals surface area (Å²) in [4.78, 5) is 11.5. The maximum Gasteiger partial charge on any atom is 0.306 e. The van der Waals surface area contributed by atoms with E-state index < -0.39 is 0 Å². The third kappa shape index (κ3) is 5.85. The second-order valence-electron chi connectivity index (χ2n) is 4.69. The molecule has 0 aliphatic rings. The molecule has 100 valence electrons. The molecule has 0 fully saturated rings. The molecule has 1 atom stereocenters. The van der Waals surface area contributed by atoms with Crippen molar-refractivity contribution < 1.29 is 9.53 Å². The molecule has 0 amide bonds. The van der Waals surface area contributed by atoms with Gasteiger partial charge in [-0.25, -0.2) is 0 Å². The van der Waals surface area contributed by atoms with Crippen molar-refractivity contribution >= 4 is 5.97 Å². The number of carbonyl (C=O) groups excluding carboxylic acids is 1. The summed E-state index contributed by atoms with van der Waals surface area (Å²) >= 11 is 0. The summed E-state index contributed by atoms with van der Waals surface area (Å²) in [6.45, 7) is 4.51. The molecule has 0 aliphatic carbocycles. The van der Waals surface area contributed by atoms with Crippen LogP contribution in [0.4, 0.5) is 0 Å². The van der Waals surface area contributed by atoms with Crippen LogP contribution in [0.15, 0.2) is 30.3 Å². The quantitative estimate of drug-likeness (QED) is 0.650. The Bertz CT molecular complexity index is 332. The highest BCUT2D eigenvalue weighted by Gasteiger charge is 2.13. The van der Waals surface area contributed by atoms with E-state index in [0.717, 1.165) is 25.7 Å². The fraction of sp³-hybridized carbons (Fsp3) is 0.562. The van der Waals surface area contributed by atoms with Crippen LogP contribution in [-0.2, 0) is 16.0 Å². The molecule has 0 N–H and O–H groups in total. The molecule has 0 spiro atoms. The van der Waals surface area contributed by atoms with Gasteiger partial charge in [0.05, 0.1) is 6.61 Å². The minimum absolute atomic E-state index is 0.0518. The van der Waals surface area contributed by atoms with E-state index in [0.29, 0.717) is 18.9 Å². The van der Waals surface area contributed by atoms with Crippen molar-refractivity contribution in [2.24, 2.45) is 5.92 Å². The SMILES string of the molecule is CCCC(CCc1ccccc1)CC(=O)OCC. The summed E-state index contributed by atoms with van der Waals surface area (Å²) in [6.07, 6.45) is 4.90. The average Bonchev–Trinajstić information content (AvgIpc) is 2.38. The summed E-state index contributed by atoms with van der Waals surface area (Å²) in [6, 6.07) is 10.5. The Morgan fingerprint density at radius 3 is 2.50 bits per heavy atom. The standard InChI is InChI=1S/C16H24O2/c1-3-8-15(13-16(17)18-4-2)12-11-14-9-6-5-7-10-14/h5-7,9-10,15H,3-4,8,11-13H2,1-2H3. The molecule has 1 rings (SSSR count). The van der Waals surface area contributed by atoms with E-state index in [1.165, 1.54) is 5.56 Å². The Kier molecular flexibility index (Phi) is 7.16. The summed E-state index contributed by atoms with van der Waals surface area (Å²) in [5, 5.41) is 0. The van der Waals surface area contributed by atoms with Gasteiger partial charge >= 0.3 is 5.97 Å². The van der Waals surface area contributed by atoms with Crippen LogP contribution in [-0.4, -0.2) is 12.6 Å². The normalized spacial score (nSPS) is 12.1. The number of benzene rings is 1. The zero-order chi connectivity index (χ0) is 13.2. The highest BCUT2D eigenvalue weighted by Crippen LogP contribution is 2.19. The highest BCUT2D eigenvalue weighted by molar-refractivity contribution is 5.69. The van der Waals surface area contributed by atoms with Crippen molar-refractivity contribution in [3.05, 3.63) is 35.9 Å². The molecular weight excluding hydrogens is 224 g/mol. The average molecular weight is 248 g/mol. The lowest BCUT2D eigenvalue weighted by Gasteiger charge is -2.15. The van der Waals surface area contributed by atoms with E-state index in [-0.39, 0.29) is 5.97 Å². The lowest BCUT2D eigenvalue weighted by atomic mass is 9.92. The van der Waals surface area contributed by atoms with Gasteiger partial charge in [0.25, 0.3) is 0 Å². The van der Waals surface area contributed by atoms with Gasteiger partial charge in [0.2, 0.25) is 0 Å². The van der Waals surface area contributed by atoms with E-state index in [9.17, 15) is 4.79 Å². The van der Waals surface area contributed by atoms with Crippen LogP contribution in [0.2, 0.25) is 0 Å². The molecule has 0 heterocycles. The smallest absolute Gasteiger partial charge is 0.306 e. The van der Waals surface area contributed by atoms with Crippen LogP contribution in [0.3, 0.4) is 0 Å². The molecule has 0 bridgehead atoms. The Balaban J connectivity index is 2.40. The van der Waals surface area contributed by atoms with Crippen molar-refractivity contribution in [1.29, 1.82) is 0 Å². The monoisotopic (exact) mass is 248 g/mol. The van der Waals surface area contributed by atoms with Crippen LogP contribution in [0.1, 0.15) is 45.1 Å². The molecule has 1 unspecified atom stereocenters. The predicted molar refractivity (Wildman–Crippen MR) is 74.4 cm³/mol. The first kappa shape index (κ1) is 14.7. The number of hydrogen-bond donors (Lipinski definition) is 0. The molecule has 0 aromatic heterocycles. The lowest BCUT2D eigenvalue weighted by Crippen LogP contribution is -2.12. The highest BCUT2D eigenvalue weighted by atomic mass is 16.5. The lowest BCUT2D eigenvalue weighted by molar-refractivity contribution is -0.144. The molecular formula is C16H24O2. The third-order valence-corrected chi connectivity index (χ3v) is 3.14. The molecule has 0 saturated heterocycles. The number of hydrogen-bond acceptors (Lipinski definition) is 2. The molecule has 0 aliphatic heterocycles. The summed E-state index contributed by atoms with van der Waals surface area (Å²) in [5.41, 5.74) is 1.35. The summed E-state index contributed by atoms with van der Waals surface area (Å²) in [7, 11) is 0. The Hall–Kier alpha value is -1.31. The van der Waals surface area contributed by atoms with E-state index >= 15 is 0 Å². The van der Waals surface area contributed by atoms with Gasteiger partial charge in [-0.05, 0) is 31.2 Å². The van der Waals surface area contributed by atoms with Gasteiger partial charge in [-0.2, -0.15) is 0 Å². The number of ether oxygens (including phenoxy) is 1. The number of rotatable bonds is 8. The topological polar surface area (TPSA) is 26.3 Å². The molecule has 2 nitrogen and oxygen atoms in total. The number of aryl methyl sites for hydroxylation is 1. The van der Waals surface area contributed by atoms with E-state index in [4.69, 9.17) is 4.74 Å². The van der Waals surface area contributed by atoms with Gasteiger partial charge in [-0.15, -0.1) is 0 Å². The van der Waals surface area contributed by atoms with Crippen LogP contribution in [0.5, 0.6) is 0 Å². The molecule has 2 heteroatoms. The maximum atomic E-state index is 11.5. The Morgan fingerprint density at radius 1 is 1.17 bits per heavy atom. The van der Waals surface area contributed by atoms with Crippen molar-refractivity contribution in [3.8, 4) is 0 Å². The Morgan fingerprint density at radius 2 is 1.89 bits per heavy atom. The molecule has 1 aromatic rings. The molecule has 1 aromatic carbocycles. The fourth-order valence-corrected chi connectivity index (χ4v) is 2.23. The largest absolute Gasteiger partial charge is 0.466 e. The van der Waals surface area contributed by atoms with Crippen LogP contribution in [0.25, 0.3) is 0 Å². The first-order valence-corrected chi connectivity index (χ1v) is 6.95. The maximum absolute atomic E-state index is 11.5. The van der Waals surface area contributed by atoms with Gasteiger partial charge in [0.1, 0.15) is 0 Å². The number of carbonyl (C=O) groups is 1. The number of esters is 1. The van der Waals surface area contributed by atoms with Crippen molar-refractivity contribution in [2.45, 2.75) is 46.0 Å². The summed E-state index contributed by atoms with van der Waals surface area (Å²) in [5.74, 6) is 0.401. The van der Waals surface area contributed by atoms with Gasteiger partial charge < -0.3 is 4.74 Å². The first-order valence-electron chi connectivity index (χ1n) is 6.95.